The van der Waals surface area contributed by atoms with Crippen LogP contribution >= 0.6 is 0 Å². The molecule has 0 aromatic heterocycles. The Labute approximate surface area is 98.6 Å². The van der Waals surface area contributed by atoms with Crippen molar-refractivity contribution in [1.82, 2.24) is 10.2 Å². The molecule has 1 unspecified atom stereocenters. The third-order valence-electron chi connectivity index (χ3n) is 3.27. The smallest absolute Gasteiger partial charge is 0.335 e. The fourth-order valence-corrected chi connectivity index (χ4v) is 2.33. The first-order valence-electron chi connectivity index (χ1n) is 5.25. The first kappa shape index (κ1) is 13.4. The molecule has 3 N–H and O–H groups in total. The van der Waals surface area contributed by atoms with Crippen LogP contribution in [0.25, 0.3) is 0 Å². The van der Waals surface area contributed by atoms with Gasteiger partial charge in [0.1, 0.15) is 5.66 Å². The summed E-state index contributed by atoms with van der Waals surface area (Å²) in [6.45, 7) is 2.03. The number of likely N-dealkylation sites (tertiary alicyclic amines) is 1. The Morgan fingerprint density at radius 3 is 2.82 bits per heavy atom. The molecular formula is C10H15N3O4. The molecule has 0 aromatic carbocycles. The van der Waals surface area contributed by atoms with Crippen LogP contribution in [0.2, 0.25) is 0 Å². The molecule has 7 nitrogen and oxygen atoms in total. The van der Waals surface area contributed by atoms with Gasteiger partial charge in [0, 0.05) is 25.5 Å². The Bertz CT molecular complexity index is 354. The summed E-state index contributed by atoms with van der Waals surface area (Å²) in [7, 11) is 0. The number of nitriles is 1. The van der Waals surface area contributed by atoms with Crippen LogP contribution in [-0.2, 0) is 9.59 Å². The van der Waals surface area contributed by atoms with Gasteiger partial charge in [-0.2, -0.15) is 5.26 Å². The van der Waals surface area contributed by atoms with E-state index in [4.69, 9.17) is 15.5 Å². The number of hydrogen-bond donors (Lipinski definition) is 3. The lowest BCUT2D eigenvalue weighted by molar-refractivity contribution is -0.164. The summed E-state index contributed by atoms with van der Waals surface area (Å²) in [5.74, 6) is -1.27. The monoisotopic (exact) mass is 241 g/mol. The van der Waals surface area contributed by atoms with Crippen molar-refractivity contribution in [3.8, 4) is 6.07 Å². The summed E-state index contributed by atoms with van der Waals surface area (Å²) < 4.78 is 0. The minimum atomic E-state index is -1.31. The highest BCUT2D eigenvalue weighted by molar-refractivity contribution is 5.77. The SMILES string of the molecule is C[C@H]1CN(C(C#N)C(=O)O)[C@@]1(CCO)NC=O. The molecule has 3 atom stereocenters. The molecule has 94 valence electrons. The first-order chi connectivity index (χ1) is 8.03. The third-order valence-corrected chi connectivity index (χ3v) is 3.27. The second kappa shape index (κ2) is 5.12. The molecule has 1 fully saturated rings. The molecule has 1 aliphatic heterocycles. The highest BCUT2D eigenvalue weighted by Crippen LogP contribution is 2.38. The minimum Gasteiger partial charge on any atom is -0.479 e. The van der Waals surface area contributed by atoms with Gasteiger partial charge in [-0.3, -0.25) is 9.69 Å². The number of hydrogen-bond acceptors (Lipinski definition) is 5. The summed E-state index contributed by atoms with van der Waals surface area (Å²) in [5.41, 5.74) is -0.935. The first-order valence-corrected chi connectivity index (χ1v) is 5.25. The van der Waals surface area contributed by atoms with Crippen molar-refractivity contribution in [3.63, 3.8) is 0 Å². The fourth-order valence-electron chi connectivity index (χ4n) is 2.33. The molecule has 0 saturated carbocycles. The van der Waals surface area contributed by atoms with E-state index in [1.54, 1.807) is 6.07 Å². The zero-order valence-electron chi connectivity index (χ0n) is 9.46. The van der Waals surface area contributed by atoms with Crippen LogP contribution in [0.4, 0.5) is 0 Å². The maximum Gasteiger partial charge on any atom is 0.335 e. The van der Waals surface area contributed by atoms with Crippen LogP contribution in [0.15, 0.2) is 0 Å². The van der Waals surface area contributed by atoms with E-state index < -0.39 is 17.7 Å². The van der Waals surface area contributed by atoms with E-state index in [0.717, 1.165) is 0 Å². The molecule has 0 aliphatic carbocycles. The van der Waals surface area contributed by atoms with Crippen molar-refractivity contribution in [1.29, 1.82) is 5.26 Å². The highest BCUT2D eigenvalue weighted by atomic mass is 16.4. The lowest BCUT2D eigenvalue weighted by Gasteiger charge is -2.57. The largest absolute Gasteiger partial charge is 0.479 e. The van der Waals surface area contributed by atoms with Gasteiger partial charge in [0.2, 0.25) is 6.41 Å². The molecule has 1 amide bonds. The lowest BCUT2D eigenvalue weighted by Crippen LogP contribution is -2.76. The van der Waals surface area contributed by atoms with Gasteiger partial charge < -0.3 is 15.5 Å². The van der Waals surface area contributed by atoms with Crippen molar-refractivity contribution in [2.75, 3.05) is 13.2 Å². The van der Waals surface area contributed by atoms with Crippen LogP contribution in [0, 0.1) is 17.2 Å². The molecule has 1 saturated heterocycles. The van der Waals surface area contributed by atoms with Gasteiger partial charge in [-0.05, 0) is 0 Å². The van der Waals surface area contributed by atoms with E-state index in [9.17, 15) is 9.59 Å². The fraction of sp³-hybridized carbons (Fsp3) is 0.700. The Hall–Kier alpha value is -1.65. The Morgan fingerprint density at radius 1 is 1.82 bits per heavy atom. The molecule has 0 spiro atoms. The van der Waals surface area contributed by atoms with Crippen LogP contribution in [-0.4, -0.2) is 52.3 Å². The molecule has 1 aliphatic rings. The van der Waals surface area contributed by atoms with E-state index in [2.05, 4.69) is 5.32 Å². The van der Waals surface area contributed by atoms with Gasteiger partial charge in [-0.15, -0.1) is 0 Å². The third kappa shape index (κ3) is 2.09. The van der Waals surface area contributed by atoms with Crippen molar-refractivity contribution >= 4 is 12.4 Å². The zero-order valence-corrected chi connectivity index (χ0v) is 9.46. The number of amides is 1. The number of nitrogens with one attached hydrogen (secondary N) is 1. The van der Waals surface area contributed by atoms with Crippen molar-refractivity contribution in [2.24, 2.45) is 5.92 Å². The molecule has 1 rings (SSSR count). The van der Waals surface area contributed by atoms with Crippen molar-refractivity contribution in [3.05, 3.63) is 0 Å². The molecule has 0 aromatic rings. The van der Waals surface area contributed by atoms with E-state index in [1.165, 1.54) is 4.90 Å². The van der Waals surface area contributed by atoms with E-state index in [1.807, 2.05) is 6.92 Å². The predicted octanol–water partition coefficient (Wildman–Crippen LogP) is -1.26. The van der Waals surface area contributed by atoms with E-state index in [0.29, 0.717) is 13.0 Å². The number of aliphatic hydroxyl groups excluding tert-OH is 1. The minimum absolute atomic E-state index is 0.0185. The number of aliphatic carboxylic acids is 1. The van der Waals surface area contributed by atoms with Crippen LogP contribution in [0.1, 0.15) is 13.3 Å². The van der Waals surface area contributed by atoms with Crippen LogP contribution < -0.4 is 5.32 Å². The van der Waals surface area contributed by atoms with E-state index in [-0.39, 0.29) is 18.9 Å². The van der Waals surface area contributed by atoms with E-state index >= 15 is 0 Å². The summed E-state index contributed by atoms with van der Waals surface area (Å²) in [6, 6.07) is 0.370. The standard InChI is InChI=1S/C10H15N3O4/c1-7-5-13(8(4-11)9(16)17)10(7,2-3-14)12-6-15/h6-8,14H,2-3,5H2,1H3,(H,12,15)(H,16,17)/t7-,8?,10+/m0/s1. The van der Waals surface area contributed by atoms with Gasteiger partial charge in [0.05, 0.1) is 6.07 Å². The highest BCUT2D eigenvalue weighted by Gasteiger charge is 2.55. The van der Waals surface area contributed by atoms with Crippen LogP contribution in [0.5, 0.6) is 0 Å². The predicted molar refractivity (Wildman–Crippen MR) is 56.5 cm³/mol. The number of nitrogens with zero attached hydrogens (tertiary/aromatic N) is 2. The zero-order chi connectivity index (χ0) is 13.1. The average molecular weight is 241 g/mol. The Kier molecular flexibility index (Phi) is 4.04. The normalized spacial score (nSPS) is 29.8. The maximum atomic E-state index is 10.9. The Morgan fingerprint density at radius 2 is 2.47 bits per heavy atom. The molecule has 0 bridgehead atoms. The number of carbonyl (C=O) groups excluding carboxylic acids is 1. The maximum absolute atomic E-state index is 10.9. The summed E-state index contributed by atoms with van der Waals surface area (Å²) in [4.78, 5) is 22.9. The molecule has 7 heteroatoms. The topological polar surface area (TPSA) is 114 Å². The van der Waals surface area contributed by atoms with Crippen LogP contribution in [0.3, 0.4) is 0 Å². The summed E-state index contributed by atoms with van der Waals surface area (Å²) in [6.07, 6.45) is 0.660. The van der Waals surface area contributed by atoms with Gasteiger partial charge in [-0.25, -0.2) is 4.79 Å². The second-order valence-corrected chi connectivity index (χ2v) is 4.08. The quantitative estimate of drug-likeness (QED) is 0.500. The number of aliphatic hydroxyl groups is 1. The van der Waals surface area contributed by atoms with Gasteiger partial charge >= 0.3 is 5.97 Å². The summed E-state index contributed by atoms with van der Waals surface area (Å²) in [5, 5.41) is 29.3. The number of rotatable bonds is 6. The molecule has 1 heterocycles. The Balaban J connectivity index is 2.96. The van der Waals surface area contributed by atoms with Crippen molar-refractivity contribution < 1.29 is 19.8 Å². The second-order valence-electron chi connectivity index (χ2n) is 4.08. The number of carboxylic acid groups (broad SMARTS) is 1. The molecule has 17 heavy (non-hydrogen) atoms. The number of carboxylic acids is 1. The molecule has 0 radical (unpaired) electrons. The number of carbonyl (C=O) groups is 2. The van der Waals surface area contributed by atoms with Gasteiger partial charge in [-0.1, -0.05) is 6.92 Å². The van der Waals surface area contributed by atoms with Gasteiger partial charge in [0.15, 0.2) is 6.04 Å². The lowest BCUT2D eigenvalue weighted by atomic mass is 9.79. The summed E-state index contributed by atoms with van der Waals surface area (Å²) >= 11 is 0. The van der Waals surface area contributed by atoms with Gasteiger partial charge in [0.25, 0.3) is 0 Å². The van der Waals surface area contributed by atoms with Crippen molar-refractivity contribution in [2.45, 2.75) is 25.0 Å². The average Bonchev–Trinajstić information content (AvgIpc) is 2.28. The molecular weight excluding hydrogens is 226 g/mol.